The van der Waals surface area contributed by atoms with Gasteiger partial charge in [-0.25, -0.2) is 8.91 Å². The Bertz CT molecular complexity index is 1310. The fourth-order valence-electron chi connectivity index (χ4n) is 3.59. The number of carbonyl (C=O) groups excluding carboxylic acids is 1. The van der Waals surface area contributed by atoms with E-state index in [1.165, 1.54) is 18.3 Å². The maximum atomic E-state index is 14.3. The van der Waals surface area contributed by atoms with Gasteiger partial charge in [0.25, 0.3) is 11.5 Å². The standard InChI is InChI=1S/C21H16ClFN4O2/c22-16-5-3-6-17(23)15(16)11-26(12-8-9-12)21(29)14-10-24-27-18-7-2-1-4-13(18)20(28)25-19(14)27/h1-7,10,12H,8-9,11H2,(H,25,28). The molecule has 6 nitrogen and oxygen atoms in total. The number of rotatable bonds is 4. The predicted molar refractivity (Wildman–Crippen MR) is 108 cm³/mol. The molecule has 146 valence electrons. The number of halogens is 2. The Balaban J connectivity index is 1.60. The third-order valence-electron chi connectivity index (χ3n) is 5.25. The van der Waals surface area contributed by atoms with Gasteiger partial charge in [-0.1, -0.05) is 29.8 Å². The molecule has 1 saturated carbocycles. The van der Waals surface area contributed by atoms with Crippen LogP contribution in [-0.2, 0) is 6.54 Å². The fraction of sp³-hybridized carbons (Fsp3) is 0.190. The van der Waals surface area contributed by atoms with E-state index in [2.05, 4.69) is 10.1 Å². The van der Waals surface area contributed by atoms with Crippen molar-refractivity contribution >= 4 is 34.1 Å². The number of para-hydroxylation sites is 1. The number of carbonyl (C=O) groups is 1. The van der Waals surface area contributed by atoms with Crippen LogP contribution in [0.4, 0.5) is 4.39 Å². The lowest BCUT2D eigenvalue weighted by molar-refractivity contribution is 0.0730. The summed E-state index contributed by atoms with van der Waals surface area (Å²) >= 11 is 6.17. The summed E-state index contributed by atoms with van der Waals surface area (Å²) in [4.78, 5) is 30.2. The molecule has 1 fully saturated rings. The first-order valence-electron chi connectivity index (χ1n) is 9.27. The van der Waals surface area contributed by atoms with Gasteiger partial charge in [-0.15, -0.1) is 0 Å². The Hall–Kier alpha value is -3.19. The van der Waals surface area contributed by atoms with E-state index in [9.17, 15) is 14.0 Å². The quantitative estimate of drug-likeness (QED) is 0.556. The van der Waals surface area contributed by atoms with E-state index in [-0.39, 0.29) is 40.2 Å². The van der Waals surface area contributed by atoms with Gasteiger partial charge in [0, 0.05) is 16.6 Å². The third kappa shape index (κ3) is 2.98. The number of fused-ring (bicyclic) bond motifs is 3. The summed E-state index contributed by atoms with van der Waals surface area (Å²) in [6.45, 7) is 0.0597. The molecule has 4 aromatic rings. The summed E-state index contributed by atoms with van der Waals surface area (Å²) < 4.78 is 15.8. The molecule has 1 aliphatic rings. The maximum Gasteiger partial charge on any atom is 0.259 e. The van der Waals surface area contributed by atoms with Crippen LogP contribution in [0.1, 0.15) is 28.8 Å². The average Bonchev–Trinajstić information content (AvgIpc) is 3.46. The Morgan fingerprint density at radius 1 is 1.24 bits per heavy atom. The van der Waals surface area contributed by atoms with Crippen LogP contribution in [0.2, 0.25) is 5.02 Å². The minimum atomic E-state index is -0.449. The number of hydrogen-bond acceptors (Lipinski definition) is 3. The molecule has 2 aromatic heterocycles. The van der Waals surface area contributed by atoms with E-state index < -0.39 is 5.82 Å². The minimum Gasteiger partial charge on any atom is -0.331 e. The first-order chi connectivity index (χ1) is 14.0. The highest BCUT2D eigenvalue weighted by atomic mass is 35.5. The van der Waals surface area contributed by atoms with Gasteiger partial charge in [0.05, 0.1) is 23.6 Å². The number of H-pyrrole nitrogens is 1. The van der Waals surface area contributed by atoms with Crippen molar-refractivity contribution in [2.24, 2.45) is 0 Å². The number of amides is 1. The van der Waals surface area contributed by atoms with E-state index in [1.807, 2.05) is 0 Å². The normalized spacial score (nSPS) is 13.9. The summed E-state index contributed by atoms with van der Waals surface area (Å²) in [7, 11) is 0. The number of nitrogens with one attached hydrogen (secondary N) is 1. The molecule has 29 heavy (non-hydrogen) atoms. The second-order valence-electron chi connectivity index (χ2n) is 7.15. The number of benzene rings is 2. The van der Waals surface area contributed by atoms with E-state index >= 15 is 0 Å². The second kappa shape index (κ2) is 6.70. The van der Waals surface area contributed by atoms with Crippen LogP contribution in [-0.4, -0.2) is 31.4 Å². The predicted octanol–water partition coefficient (Wildman–Crippen LogP) is 3.77. The Morgan fingerprint density at radius 2 is 2.03 bits per heavy atom. The van der Waals surface area contributed by atoms with Crippen molar-refractivity contribution in [1.82, 2.24) is 19.5 Å². The maximum absolute atomic E-state index is 14.3. The topological polar surface area (TPSA) is 70.5 Å². The number of aromatic amines is 1. The molecular weight excluding hydrogens is 395 g/mol. The van der Waals surface area contributed by atoms with Crippen LogP contribution in [0, 0.1) is 5.82 Å². The number of nitrogens with zero attached hydrogens (tertiary/aromatic N) is 3. The minimum absolute atomic E-state index is 0.0142. The molecule has 8 heteroatoms. The van der Waals surface area contributed by atoms with E-state index in [0.717, 1.165) is 12.8 Å². The molecule has 2 heterocycles. The van der Waals surface area contributed by atoms with Gasteiger partial charge in [-0.3, -0.25) is 9.59 Å². The summed E-state index contributed by atoms with van der Waals surface area (Å²) in [5, 5.41) is 5.08. The molecule has 1 aliphatic carbocycles. The third-order valence-corrected chi connectivity index (χ3v) is 5.60. The zero-order valence-electron chi connectivity index (χ0n) is 15.2. The molecule has 0 atom stereocenters. The molecule has 0 spiro atoms. The smallest absolute Gasteiger partial charge is 0.259 e. The van der Waals surface area contributed by atoms with Crippen LogP contribution in [0.15, 0.2) is 53.5 Å². The van der Waals surface area contributed by atoms with Gasteiger partial charge in [-0.2, -0.15) is 5.10 Å². The second-order valence-corrected chi connectivity index (χ2v) is 7.56. The van der Waals surface area contributed by atoms with Crippen LogP contribution in [0.3, 0.4) is 0 Å². The highest BCUT2D eigenvalue weighted by Crippen LogP contribution is 2.32. The summed E-state index contributed by atoms with van der Waals surface area (Å²) in [5.41, 5.74) is 1.19. The van der Waals surface area contributed by atoms with Crippen LogP contribution in [0.25, 0.3) is 16.6 Å². The Kier molecular flexibility index (Phi) is 4.13. The zero-order chi connectivity index (χ0) is 20.1. The Morgan fingerprint density at radius 3 is 2.79 bits per heavy atom. The Labute approximate surface area is 169 Å². The van der Waals surface area contributed by atoms with E-state index in [4.69, 9.17) is 11.6 Å². The largest absolute Gasteiger partial charge is 0.331 e. The summed E-state index contributed by atoms with van der Waals surface area (Å²) in [5.74, 6) is -0.761. The summed E-state index contributed by atoms with van der Waals surface area (Å²) in [6.07, 6.45) is 3.13. The van der Waals surface area contributed by atoms with Gasteiger partial charge < -0.3 is 9.88 Å². The van der Waals surface area contributed by atoms with Crippen molar-refractivity contribution in [3.63, 3.8) is 0 Å². The molecule has 5 rings (SSSR count). The molecular formula is C21H16ClFN4O2. The average molecular weight is 411 g/mol. The van der Waals surface area contributed by atoms with Crippen LogP contribution in [0.5, 0.6) is 0 Å². The molecule has 1 N–H and O–H groups in total. The number of aromatic nitrogens is 3. The summed E-state index contributed by atoms with van der Waals surface area (Å²) in [6, 6.07) is 11.5. The SMILES string of the molecule is O=C(c1cnn2c1[nH]c(=O)c1ccccc12)N(Cc1c(F)cccc1Cl)C1CC1. The molecule has 0 unspecified atom stereocenters. The van der Waals surface area contributed by atoms with E-state index in [0.29, 0.717) is 16.6 Å². The van der Waals surface area contributed by atoms with Crippen LogP contribution >= 0.6 is 11.6 Å². The van der Waals surface area contributed by atoms with Gasteiger partial charge in [-0.05, 0) is 37.1 Å². The first-order valence-corrected chi connectivity index (χ1v) is 9.65. The van der Waals surface area contributed by atoms with E-state index in [1.54, 1.807) is 39.7 Å². The fourth-order valence-corrected chi connectivity index (χ4v) is 3.82. The van der Waals surface area contributed by atoms with Crippen molar-refractivity contribution in [3.05, 3.63) is 81.0 Å². The zero-order valence-corrected chi connectivity index (χ0v) is 16.0. The molecule has 0 radical (unpaired) electrons. The van der Waals surface area contributed by atoms with Crippen molar-refractivity contribution in [2.75, 3.05) is 0 Å². The van der Waals surface area contributed by atoms with Gasteiger partial charge in [0.1, 0.15) is 17.0 Å². The van der Waals surface area contributed by atoms with Crippen LogP contribution < -0.4 is 5.56 Å². The molecule has 0 bridgehead atoms. The molecule has 2 aromatic carbocycles. The van der Waals surface area contributed by atoms with Crippen molar-refractivity contribution in [3.8, 4) is 0 Å². The highest BCUT2D eigenvalue weighted by molar-refractivity contribution is 6.31. The van der Waals surface area contributed by atoms with Gasteiger partial charge in [0.2, 0.25) is 0 Å². The molecule has 1 amide bonds. The lowest BCUT2D eigenvalue weighted by atomic mass is 10.1. The van der Waals surface area contributed by atoms with Crippen molar-refractivity contribution in [2.45, 2.75) is 25.4 Å². The lowest BCUT2D eigenvalue weighted by Crippen LogP contribution is -2.33. The lowest BCUT2D eigenvalue weighted by Gasteiger charge is -2.23. The molecule has 0 saturated heterocycles. The molecule has 0 aliphatic heterocycles. The first kappa shape index (κ1) is 17.9. The number of hydrogen-bond donors (Lipinski definition) is 1. The van der Waals surface area contributed by atoms with Gasteiger partial charge >= 0.3 is 0 Å². The highest BCUT2D eigenvalue weighted by Gasteiger charge is 2.35. The monoisotopic (exact) mass is 410 g/mol. The van der Waals surface area contributed by atoms with Crippen molar-refractivity contribution < 1.29 is 9.18 Å². The van der Waals surface area contributed by atoms with Gasteiger partial charge in [0.15, 0.2) is 0 Å². The van der Waals surface area contributed by atoms with Crippen molar-refractivity contribution in [1.29, 1.82) is 0 Å².